The first kappa shape index (κ1) is 16.3. The van der Waals surface area contributed by atoms with Gasteiger partial charge < -0.3 is 15.3 Å². The van der Waals surface area contributed by atoms with Crippen molar-refractivity contribution in [1.29, 1.82) is 0 Å². The van der Waals surface area contributed by atoms with Crippen LogP contribution in [-0.4, -0.2) is 41.8 Å². The number of hydrogen-bond donors (Lipinski definition) is 2. The minimum atomic E-state index is -0.372. The molecule has 4 unspecified atom stereocenters. The molecule has 1 aliphatic heterocycles. The lowest BCUT2D eigenvalue weighted by Crippen LogP contribution is -2.41. The molecule has 2 aliphatic rings. The van der Waals surface area contributed by atoms with Crippen molar-refractivity contribution in [3.05, 3.63) is 35.9 Å². The third-order valence-corrected chi connectivity index (χ3v) is 5.41. The van der Waals surface area contributed by atoms with Crippen LogP contribution in [0.4, 0.5) is 4.79 Å². The standard InChI is InChI=1S/C19H28N2O2/c1-14(22)10-18(15-6-3-2-4-7-15)11-20-19(23)21-12-16-8-5-9-17(16)13-21/h2-4,6-7,14,16-18,22H,5,8-13H2,1H3,(H,20,23). The van der Waals surface area contributed by atoms with Gasteiger partial charge in [0.05, 0.1) is 6.10 Å². The summed E-state index contributed by atoms with van der Waals surface area (Å²) in [5.41, 5.74) is 1.17. The molecule has 1 aromatic carbocycles. The molecule has 1 saturated heterocycles. The van der Waals surface area contributed by atoms with Crippen LogP contribution in [0, 0.1) is 11.8 Å². The molecule has 1 aromatic rings. The summed E-state index contributed by atoms with van der Waals surface area (Å²) in [6, 6.07) is 10.2. The number of carbonyl (C=O) groups excluding carboxylic acids is 1. The summed E-state index contributed by atoms with van der Waals surface area (Å²) in [7, 11) is 0. The summed E-state index contributed by atoms with van der Waals surface area (Å²) < 4.78 is 0. The summed E-state index contributed by atoms with van der Waals surface area (Å²) in [5, 5.41) is 12.8. The molecule has 0 radical (unpaired) electrons. The first-order valence-corrected chi connectivity index (χ1v) is 8.89. The van der Waals surface area contributed by atoms with Crippen LogP contribution in [0.2, 0.25) is 0 Å². The Morgan fingerprint density at radius 1 is 1.26 bits per heavy atom. The Morgan fingerprint density at radius 2 is 1.91 bits per heavy atom. The fourth-order valence-electron chi connectivity index (χ4n) is 4.20. The minimum absolute atomic E-state index is 0.0610. The van der Waals surface area contributed by atoms with Gasteiger partial charge in [-0.3, -0.25) is 0 Å². The average Bonchev–Trinajstić information content (AvgIpc) is 3.13. The largest absolute Gasteiger partial charge is 0.393 e. The van der Waals surface area contributed by atoms with Crippen molar-refractivity contribution < 1.29 is 9.90 Å². The monoisotopic (exact) mass is 316 g/mol. The van der Waals surface area contributed by atoms with Gasteiger partial charge in [0.25, 0.3) is 0 Å². The average molecular weight is 316 g/mol. The Bertz CT molecular complexity index is 505. The van der Waals surface area contributed by atoms with E-state index in [0.717, 1.165) is 24.9 Å². The predicted octanol–water partition coefficient (Wildman–Crippen LogP) is 2.98. The van der Waals surface area contributed by atoms with E-state index >= 15 is 0 Å². The molecule has 126 valence electrons. The smallest absolute Gasteiger partial charge is 0.317 e. The Morgan fingerprint density at radius 3 is 2.52 bits per heavy atom. The summed E-state index contributed by atoms with van der Waals surface area (Å²) in [5.74, 6) is 1.61. The zero-order valence-electron chi connectivity index (χ0n) is 13.9. The number of likely N-dealkylation sites (tertiary alicyclic amines) is 1. The Kier molecular flexibility index (Phi) is 5.21. The molecule has 1 saturated carbocycles. The number of aliphatic hydroxyl groups is 1. The van der Waals surface area contributed by atoms with Crippen molar-refractivity contribution in [3.8, 4) is 0 Å². The van der Waals surface area contributed by atoms with Crippen molar-refractivity contribution in [2.45, 2.75) is 44.6 Å². The number of rotatable bonds is 5. The number of urea groups is 1. The highest BCUT2D eigenvalue weighted by Gasteiger charge is 2.38. The normalized spacial score (nSPS) is 25.9. The fraction of sp³-hybridized carbons (Fsp3) is 0.632. The highest BCUT2D eigenvalue weighted by atomic mass is 16.3. The van der Waals surface area contributed by atoms with Gasteiger partial charge in [0.1, 0.15) is 0 Å². The van der Waals surface area contributed by atoms with Gasteiger partial charge in [-0.1, -0.05) is 36.8 Å². The van der Waals surface area contributed by atoms with Crippen LogP contribution in [0.1, 0.15) is 44.1 Å². The van der Waals surface area contributed by atoms with Crippen LogP contribution < -0.4 is 5.32 Å². The first-order chi connectivity index (χ1) is 11.1. The molecule has 2 amide bonds. The molecule has 0 aromatic heterocycles. The molecule has 1 aliphatic carbocycles. The van der Waals surface area contributed by atoms with Crippen LogP contribution in [0.25, 0.3) is 0 Å². The number of nitrogens with one attached hydrogen (secondary N) is 1. The minimum Gasteiger partial charge on any atom is -0.393 e. The molecule has 2 N–H and O–H groups in total. The number of nitrogens with zero attached hydrogens (tertiary/aromatic N) is 1. The third-order valence-electron chi connectivity index (χ3n) is 5.41. The Labute approximate surface area is 138 Å². The fourth-order valence-corrected chi connectivity index (χ4v) is 4.20. The summed E-state index contributed by atoms with van der Waals surface area (Å²) >= 11 is 0. The summed E-state index contributed by atoms with van der Waals surface area (Å²) in [6.45, 7) is 4.23. The van der Waals surface area contributed by atoms with Crippen molar-refractivity contribution in [2.24, 2.45) is 11.8 Å². The van der Waals surface area contributed by atoms with E-state index in [-0.39, 0.29) is 18.1 Å². The van der Waals surface area contributed by atoms with Crippen LogP contribution in [0.15, 0.2) is 30.3 Å². The first-order valence-electron chi connectivity index (χ1n) is 8.89. The molecule has 4 nitrogen and oxygen atoms in total. The van der Waals surface area contributed by atoms with Gasteiger partial charge in [-0.05, 0) is 43.6 Å². The lowest BCUT2D eigenvalue weighted by atomic mass is 9.93. The van der Waals surface area contributed by atoms with Crippen LogP contribution in [0.3, 0.4) is 0 Å². The number of fused-ring (bicyclic) bond motifs is 1. The molecular formula is C19H28N2O2. The lowest BCUT2D eigenvalue weighted by Gasteiger charge is -2.23. The van der Waals surface area contributed by atoms with E-state index in [1.807, 2.05) is 23.1 Å². The molecular weight excluding hydrogens is 288 g/mol. The van der Waals surface area contributed by atoms with E-state index in [2.05, 4.69) is 17.4 Å². The zero-order chi connectivity index (χ0) is 16.2. The maximum atomic E-state index is 12.5. The molecule has 23 heavy (non-hydrogen) atoms. The maximum Gasteiger partial charge on any atom is 0.317 e. The number of hydrogen-bond acceptors (Lipinski definition) is 2. The third kappa shape index (κ3) is 4.05. The summed E-state index contributed by atoms with van der Waals surface area (Å²) in [6.07, 6.45) is 4.18. The molecule has 0 spiro atoms. The van der Waals surface area contributed by atoms with Crippen molar-refractivity contribution in [1.82, 2.24) is 10.2 Å². The molecule has 1 heterocycles. The van der Waals surface area contributed by atoms with Gasteiger partial charge in [0.2, 0.25) is 0 Å². The second-order valence-electron chi connectivity index (χ2n) is 7.23. The van der Waals surface area contributed by atoms with Crippen molar-refractivity contribution in [3.63, 3.8) is 0 Å². The zero-order valence-corrected chi connectivity index (χ0v) is 13.9. The van der Waals surface area contributed by atoms with Crippen LogP contribution >= 0.6 is 0 Å². The number of aliphatic hydroxyl groups excluding tert-OH is 1. The van der Waals surface area contributed by atoms with E-state index in [4.69, 9.17) is 0 Å². The quantitative estimate of drug-likeness (QED) is 0.877. The van der Waals surface area contributed by atoms with Gasteiger partial charge in [0.15, 0.2) is 0 Å². The Balaban J connectivity index is 1.55. The molecule has 4 heteroatoms. The van der Waals surface area contributed by atoms with Gasteiger partial charge in [0, 0.05) is 25.6 Å². The maximum absolute atomic E-state index is 12.5. The molecule has 3 rings (SSSR count). The van der Waals surface area contributed by atoms with Gasteiger partial charge >= 0.3 is 6.03 Å². The van der Waals surface area contributed by atoms with Gasteiger partial charge in [-0.25, -0.2) is 4.79 Å². The number of amides is 2. The summed E-state index contributed by atoms with van der Waals surface area (Å²) in [4.78, 5) is 14.4. The topological polar surface area (TPSA) is 52.6 Å². The number of carbonyl (C=O) groups is 1. The van der Waals surface area contributed by atoms with E-state index in [1.165, 1.54) is 24.8 Å². The second kappa shape index (κ2) is 7.35. The Hall–Kier alpha value is -1.55. The molecule has 4 atom stereocenters. The van der Waals surface area contributed by atoms with Crippen LogP contribution in [0.5, 0.6) is 0 Å². The van der Waals surface area contributed by atoms with E-state index in [0.29, 0.717) is 13.0 Å². The number of benzene rings is 1. The predicted molar refractivity (Wildman–Crippen MR) is 91.3 cm³/mol. The SMILES string of the molecule is CC(O)CC(CNC(=O)N1CC2CCCC2C1)c1ccccc1. The van der Waals surface area contributed by atoms with E-state index in [1.54, 1.807) is 6.92 Å². The molecule has 0 bridgehead atoms. The second-order valence-corrected chi connectivity index (χ2v) is 7.23. The van der Waals surface area contributed by atoms with Gasteiger partial charge in [-0.2, -0.15) is 0 Å². The molecule has 2 fully saturated rings. The van der Waals surface area contributed by atoms with Crippen molar-refractivity contribution >= 4 is 6.03 Å². The highest BCUT2D eigenvalue weighted by molar-refractivity contribution is 5.74. The van der Waals surface area contributed by atoms with Gasteiger partial charge in [-0.15, -0.1) is 0 Å². The van der Waals surface area contributed by atoms with Crippen LogP contribution in [-0.2, 0) is 0 Å². The van der Waals surface area contributed by atoms with Crippen molar-refractivity contribution in [2.75, 3.05) is 19.6 Å². The van der Waals surface area contributed by atoms with E-state index in [9.17, 15) is 9.90 Å². The highest BCUT2D eigenvalue weighted by Crippen LogP contribution is 2.37. The lowest BCUT2D eigenvalue weighted by molar-refractivity contribution is 0.171. The van der Waals surface area contributed by atoms with E-state index < -0.39 is 0 Å².